The van der Waals surface area contributed by atoms with Gasteiger partial charge in [0.05, 0.1) is 0 Å². The van der Waals surface area contributed by atoms with Gasteiger partial charge < -0.3 is 15.5 Å². The Labute approximate surface area is 130 Å². The molecule has 21 heavy (non-hydrogen) atoms. The molecule has 1 aromatic carbocycles. The summed E-state index contributed by atoms with van der Waals surface area (Å²) in [5, 5.41) is 6.65. The lowest BCUT2D eigenvalue weighted by Crippen LogP contribution is -2.41. The van der Waals surface area contributed by atoms with Crippen molar-refractivity contribution in [3.8, 4) is 0 Å². The van der Waals surface area contributed by atoms with Crippen LogP contribution in [-0.2, 0) is 0 Å². The molecule has 0 radical (unpaired) electrons. The molecule has 2 atom stereocenters. The smallest absolute Gasteiger partial charge is 0.317 e. The number of carbonyl (C=O) groups is 1. The average molecular weight is 305 g/mol. The molecule has 1 aromatic rings. The lowest BCUT2D eigenvalue weighted by Gasteiger charge is -2.28. The molecule has 1 saturated heterocycles. The number of hydrogen-bond donors (Lipinski definition) is 2. The topological polar surface area (TPSA) is 44.4 Å². The van der Waals surface area contributed by atoms with Crippen molar-refractivity contribution in [1.82, 2.24) is 15.5 Å². The molecule has 0 bridgehead atoms. The van der Waals surface area contributed by atoms with E-state index < -0.39 is 0 Å². The lowest BCUT2D eigenvalue weighted by atomic mass is 10.0. The van der Waals surface area contributed by atoms with Gasteiger partial charge in [-0.15, -0.1) is 11.8 Å². The normalized spacial score (nSPS) is 24.7. The first-order valence-electron chi connectivity index (χ1n) is 7.78. The SMILES string of the molecule is CCNC(=O)N1CC[C@@H](N[C@H]2CCSc3ccccc32)C1. The molecule has 2 aliphatic heterocycles. The average Bonchev–Trinajstić information content (AvgIpc) is 2.97. The predicted molar refractivity (Wildman–Crippen MR) is 86.7 cm³/mol. The Morgan fingerprint density at radius 3 is 3.10 bits per heavy atom. The van der Waals surface area contributed by atoms with Gasteiger partial charge in [0, 0.05) is 36.6 Å². The van der Waals surface area contributed by atoms with Gasteiger partial charge in [0.25, 0.3) is 0 Å². The summed E-state index contributed by atoms with van der Waals surface area (Å²) in [5.41, 5.74) is 1.42. The maximum absolute atomic E-state index is 11.9. The van der Waals surface area contributed by atoms with Crippen molar-refractivity contribution in [1.29, 1.82) is 0 Å². The molecular weight excluding hydrogens is 282 g/mol. The van der Waals surface area contributed by atoms with E-state index in [9.17, 15) is 4.79 Å². The van der Waals surface area contributed by atoms with Crippen LogP contribution >= 0.6 is 11.8 Å². The van der Waals surface area contributed by atoms with E-state index in [0.29, 0.717) is 18.6 Å². The van der Waals surface area contributed by atoms with Crippen LogP contribution in [0.4, 0.5) is 4.79 Å². The van der Waals surface area contributed by atoms with Crippen LogP contribution in [0.15, 0.2) is 29.2 Å². The first kappa shape index (κ1) is 14.7. The molecule has 0 aliphatic carbocycles. The number of fused-ring (bicyclic) bond motifs is 1. The largest absolute Gasteiger partial charge is 0.338 e. The summed E-state index contributed by atoms with van der Waals surface area (Å²) in [5.74, 6) is 1.17. The van der Waals surface area contributed by atoms with E-state index in [1.165, 1.54) is 22.6 Å². The number of likely N-dealkylation sites (tertiary alicyclic amines) is 1. The Morgan fingerprint density at radius 2 is 2.24 bits per heavy atom. The van der Waals surface area contributed by atoms with Gasteiger partial charge >= 0.3 is 6.03 Å². The third-order valence-corrected chi connectivity index (χ3v) is 5.32. The van der Waals surface area contributed by atoms with Gasteiger partial charge in [-0.05, 0) is 37.1 Å². The number of nitrogens with one attached hydrogen (secondary N) is 2. The number of nitrogens with zero attached hydrogens (tertiary/aromatic N) is 1. The Bertz CT molecular complexity index is 508. The third kappa shape index (κ3) is 3.35. The molecule has 4 nitrogen and oxygen atoms in total. The number of amides is 2. The zero-order valence-corrected chi connectivity index (χ0v) is 13.3. The summed E-state index contributed by atoms with van der Waals surface area (Å²) in [6.45, 7) is 4.32. The first-order valence-corrected chi connectivity index (χ1v) is 8.77. The number of thioether (sulfide) groups is 1. The zero-order chi connectivity index (χ0) is 14.7. The van der Waals surface area contributed by atoms with Gasteiger partial charge in [-0.1, -0.05) is 18.2 Å². The monoisotopic (exact) mass is 305 g/mol. The minimum Gasteiger partial charge on any atom is -0.338 e. The highest BCUT2D eigenvalue weighted by molar-refractivity contribution is 7.99. The highest BCUT2D eigenvalue weighted by Gasteiger charge is 2.29. The summed E-state index contributed by atoms with van der Waals surface area (Å²) in [4.78, 5) is 15.2. The molecule has 2 amide bonds. The van der Waals surface area contributed by atoms with Crippen LogP contribution in [0.5, 0.6) is 0 Å². The Morgan fingerprint density at radius 1 is 1.38 bits per heavy atom. The van der Waals surface area contributed by atoms with Gasteiger partial charge in [0.15, 0.2) is 0 Å². The van der Waals surface area contributed by atoms with Crippen molar-refractivity contribution in [2.45, 2.75) is 36.7 Å². The number of urea groups is 1. The molecule has 2 N–H and O–H groups in total. The van der Waals surface area contributed by atoms with Gasteiger partial charge in [-0.2, -0.15) is 0 Å². The maximum atomic E-state index is 11.9. The fourth-order valence-electron chi connectivity index (χ4n) is 3.14. The second-order valence-electron chi connectivity index (χ2n) is 5.66. The molecule has 0 spiro atoms. The van der Waals surface area contributed by atoms with E-state index in [1.807, 2.05) is 23.6 Å². The number of benzene rings is 1. The molecule has 5 heteroatoms. The number of carbonyl (C=O) groups excluding carboxylic acids is 1. The van der Waals surface area contributed by atoms with Crippen LogP contribution in [0.3, 0.4) is 0 Å². The standard InChI is InChI=1S/C16H23N3OS/c1-2-17-16(20)19-9-7-12(11-19)18-14-8-10-21-15-6-4-3-5-13(14)15/h3-6,12,14,18H,2,7-11H2,1H3,(H,17,20)/t12-,14+/m1/s1. The summed E-state index contributed by atoms with van der Waals surface area (Å²) in [6, 6.07) is 9.59. The quantitative estimate of drug-likeness (QED) is 0.902. The second-order valence-corrected chi connectivity index (χ2v) is 6.80. The number of hydrogen-bond acceptors (Lipinski definition) is 3. The lowest BCUT2D eigenvalue weighted by molar-refractivity contribution is 0.208. The molecule has 114 valence electrons. The molecule has 2 heterocycles. The molecule has 0 unspecified atom stereocenters. The van der Waals surface area contributed by atoms with Crippen LogP contribution < -0.4 is 10.6 Å². The van der Waals surface area contributed by atoms with Crippen molar-refractivity contribution in [3.63, 3.8) is 0 Å². The van der Waals surface area contributed by atoms with E-state index in [4.69, 9.17) is 0 Å². The summed E-state index contributed by atoms with van der Waals surface area (Å²) in [6.07, 6.45) is 2.21. The summed E-state index contributed by atoms with van der Waals surface area (Å²) >= 11 is 1.95. The van der Waals surface area contributed by atoms with E-state index >= 15 is 0 Å². The van der Waals surface area contributed by atoms with Crippen LogP contribution in [0.2, 0.25) is 0 Å². The van der Waals surface area contributed by atoms with Crippen molar-refractivity contribution in [2.75, 3.05) is 25.4 Å². The minimum atomic E-state index is 0.0707. The van der Waals surface area contributed by atoms with Crippen LogP contribution in [0.25, 0.3) is 0 Å². The van der Waals surface area contributed by atoms with E-state index in [1.54, 1.807) is 0 Å². The minimum absolute atomic E-state index is 0.0707. The maximum Gasteiger partial charge on any atom is 0.317 e. The van der Waals surface area contributed by atoms with Gasteiger partial charge in [0.2, 0.25) is 0 Å². The Kier molecular flexibility index (Phi) is 4.70. The van der Waals surface area contributed by atoms with Gasteiger partial charge in [0.1, 0.15) is 0 Å². The number of rotatable bonds is 3. The van der Waals surface area contributed by atoms with Crippen molar-refractivity contribution >= 4 is 17.8 Å². The Hall–Kier alpha value is -1.20. The van der Waals surface area contributed by atoms with Gasteiger partial charge in [-0.3, -0.25) is 0 Å². The third-order valence-electron chi connectivity index (χ3n) is 4.20. The second kappa shape index (κ2) is 6.71. The highest BCUT2D eigenvalue weighted by atomic mass is 32.2. The fourth-order valence-corrected chi connectivity index (χ4v) is 4.27. The van der Waals surface area contributed by atoms with E-state index in [-0.39, 0.29) is 6.03 Å². The Balaban J connectivity index is 1.60. The molecule has 1 fully saturated rings. The first-order chi connectivity index (χ1) is 10.3. The summed E-state index contributed by atoms with van der Waals surface area (Å²) < 4.78 is 0. The molecule has 0 saturated carbocycles. The summed E-state index contributed by atoms with van der Waals surface area (Å²) in [7, 11) is 0. The predicted octanol–water partition coefficient (Wildman–Crippen LogP) is 2.62. The van der Waals surface area contributed by atoms with Crippen molar-refractivity contribution < 1.29 is 4.79 Å². The van der Waals surface area contributed by atoms with Crippen molar-refractivity contribution in [2.24, 2.45) is 0 Å². The molecule has 0 aromatic heterocycles. The molecular formula is C16H23N3OS. The van der Waals surface area contributed by atoms with E-state index in [2.05, 4.69) is 34.9 Å². The zero-order valence-electron chi connectivity index (χ0n) is 12.5. The van der Waals surface area contributed by atoms with Crippen LogP contribution in [0.1, 0.15) is 31.4 Å². The molecule has 2 aliphatic rings. The van der Waals surface area contributed by atoms with Crippen molar-refractivity contribution in [3.05, 3.63) is 29.8 Å². The van der Waals surface area contributed by atoms with Crippen LogP contribution in [-0.4, -0.2) is 42.4 Å². The van der Waals surface area contributed by atoms with Gasteiger partial charge in [-0.25, -0.2) is 4.79 Å². The van der Waals surface area contributed by atoms with Crippen LogP contribution in [0, 0.1) is 0 Å². The highest BCUT2D eigenvalue weighted by Crippen LogP contribution is 2.36. The molecule has 3 rings (SSSR count). The van der Waals surface area contributed by atoms with E-state index in [0.717, 1.165) is 19.5 Å². The fraction of sp³-hybridized carbons (Fsp3) is 0.562.